The lowest BCUT2D eigenvalue weighted by Gasteiger charge is -2.33. The topological polar surface area (TPSA) is 76.0 Å². The first kappa shape index (κ1) is 22.0. The smallest absolute Gasteiger partial charge is 0.328 e. The normalized spacial score (nSPS) is 19.7. The maximum atomic E-state index is 10.9. The lowest BCUT2D eigenvalue weighted by atomic mass is 9.91. The minimum atomic E-state index is -4.02. The van der Waals surface area contributed by atoms with Crippen LogP contribution in [0.5, 0.6) is 11.5 Å². The highest BCUT2D eigenvalue weighted by Gasteiger charge is 2.29. The number of fused-ring (bicyclic) bond motifs is 1. The van der Waals surface area contributed by atoms with Crippen LogP contribution in [0, 0.1) is 0 Å². The van der Waals surface area contributed by atoms with Crippen LogP contribution in [0.25, 0.3) is 0 Å². The highest BCUT2D eigenvalue weighted by atomic mass is 31.2. The third-order valence-corrected chi connectivity index (χ3v) is 5.63. The molecule has 1 unspecified atom stereocenters. The minimum absolute atomic E-state index is 0.00261. The van der Waals surface area contributed by atoms with Gasteiger partial charge >= 0.3 is 7.60 Å². The highest BCUT2D eigenvalue weighted by Crippen LogP contribution is 2.37. The molecule has 1 heterocycles. The Hall–Kier alpha value is -1.29. The zero-order chi connectivity index (χ0) is 19.8. The molecule has 0 saturated heterocycles. The van der Waals surface area contributed by atoms with Crippen molar-refractivity contribution in [1.82, 2.24) is 0 Å². The second kappa shape index (κ2) is 10.3. The van der Waals surface area contributed by atoms with E-state index in [1.165, 1.54) is 32.1 Å². The van der Waals surface area contributed by atoms with Gasteiger partial charge in [0.2, 0.25) is 0 Å². The standard InChI is InChI=1S/C21H33O5P/c1-3-4-5-6-7-8-9-13-21(2)14-12-18-17-19(10-11-20(18)26-21)25-15-16-27(22,23)24/h9-11,13,17H,3-8,12,14-16H2,1-2H3,(H2,22,23,24)/b13-9+. The summed E-state index contributed by atoms with van der Waals surface area (Å²) in [7, 11) is -4.02. The second-order valence-corrected chi connectivity index (χ2v) is 9.30. The first-order valence-electron chi connectivity index (χ1n) is 9.98. The Bertz CT molecular complexity index is 667. The molecule has 2 rings (SSSR count). The molecule has 0 fully saturated rings. The van der Waals surface area contributed by atoms with Gasteiger partial charge in [-0.3, -0.25) is 4.57 Å². The number of aryl methyl sites for hydroxylation is 1. The number of rotatable bonds is 11. The average Bonchev–Trinajstić information content (AvgIpc) is 2.60. The van der Waals surface area contributed by atoms with Crippen LogP contribution in [0.3, 0.4) is 0 Å². The molecule has 0 spiro atoms. The second-order valence-electron chi connectivity index (χ2n) is 7.53. The summed E-state index contributed by atoms with van der Waals surface area (Å²) in [5, 5.41) is 0. The SMILES string of the molecule is CCCCCCC/C=C/C1(C)CCc2cc(OCCP(=O)(O)O)ccc2O1. The Labute approximate surface area is 162 Å². The van der Waals surface area contributed by atoms with E-state index < -0.39 is 7.60 Å². The Morgan fingerprint density at radius 2 is 2.04 bits per heavy atom. The number of ether oxygens (including phenoxy) is 2. The van der Waals surface area contributed by atoms with Crippen molar-refractivity contribution in [3.63, 3.8) is 0 Å². The fraction of sp³-hybridized carbons (Fsp3) is 0.619. The molecule has 0 amide bonds. The zero-order valence-corrected chi connectivity index (χ0v) is 17.4. The summed E-state index contributed by atoms with van der Waals surface area (Å²) in [5.74, 6) is 1.48. The fourth-order valence-electron chi connectivity index (χ4n) is 3.22. The van der Waals surface area contributed by atoms with Crippen molar-refractivity contribution in [2.75, 3.05) is 12.8 Å². The van der Waals surface area contributed by atoms with Crippen LogP contribution in [0.4, 0.5) is 0 Å². The van der Waals surface area contributed by atoms with Crippen LogP contribution in [0.1, 0.15) is 64.4 Å². The molecule has 2 N–H and O–H groups in total. The van der Waals surface area contributed by atoms with Gasteiger partial charge in [0.05, 0.1) is 12.8 Å². The van der Waals surface area contributed by atoms with Gasteiger partial charge in [0.15, 0.2) is 0 Å². The fourth-order valence-corrected chi connectivity index (χ4v) is 3.55. The van der Waals surface area contributed by atoms with Crippen molar-refractivity contribution in [1.29, 1.82) is 0 Å². The van der Waals surface area contributed by atoms with Crippen LogP contribution in [0.15, 0.2) is 30.4 Å². The molecule has 6 heteroatoms. The number of allylic oxidation sites excluding steroid dienone is 1. The minimum Gasteiger partial charge on any atom is -0.493 e. The molecule has 1 aliphatic rings. The van der Waals surface area contributed by atoms with Gasteiger partial charge in [0.1, 0.15) is 17.1 Å². The van der Waals surface area contributed by atoms with E-state index in [-0.39, 0.29) is 18.4 Å². The van der Waals surface area contributed by atoms with Crippen molar-refractivity contribution in [2.24, 2.45) is 0 Å². The van der Waals surface area contributed by atoms with E-state index in [4.69, 9.17) is 19.3 Å². The molecule has 27 heavy (non-hydrogen) atoms. The number of unbranched alkanes of at least 4 members (excludes halogenated alkanes) is 5. The van der Waals surface area contributed by atoms with Gasteiger partial charge in [-0.2, -0.15) is 0 Å². The van der Waals surface area contributed by atoms with Gasteiger partial charge in [-0.15, -0.1) is 0 Å². The van der Waals surface area contributed by atoms with E-state index >= 15 is 0 Å². The van der Waals surface area contributed by atoms with E-state index in [9.17, 15) is 4.57 Å². The van der Waals surface area contributed by atoms with Gasteiger partial charge in [0.25, 0.3) is 0 Å². The Morgan fingerprint density at radius 3 is 2.78 bits per heavy atom. The molecule has 1 aromatic rings. The van der Waals surface area contributed by atoms with Crippen molar-refractivity contribution in [2.45, 2.75) is 70.8 Å². The third kappa shape index (κ3) is 8.08. The Balaban J connectivity index is 1.83. The van der Waals surface area contributed by atoms with E-state index in [1.54, 1.807) is 6.07 Å². The predicted octanol–water partition coefficient (Wildman–Crippen LogP) is 5.24. The van der Waals surface area contributed by atoms with Crippen molar-refractivity contribution in [3.8, 4) is 11.5 Å². The zero-order valence-electron chi connectivity index (χ0n) is 16.5. The summed E-state index contributed by atoms with van der Waals surface area (Å²) < 4.78 is 22.6. The largest absolute Gasteiger partial charge is 0.493 e. The molecular formula is C21H33O5P. The van der Waals surface area contributed by atoms with Gasteiger partial charge < -0.3 is 19.3 Å². The highest BCUT2D eigenvalue weighted by molar-refractivity contribution is 7.51. The van der Waals surface area contributed by atoms with E-state index in [2.05, 4.69) is 26.0 Å². The lowest BCUT2D eigenvalue weighted by Crippen LogP contribution is -2.34. The maximum Gasteiger partial charge on any atom is 0.328 e. The van der Waals surface area contributed by atoms with E-state index in [1.807, 2.05) is 12.1 Å². The first-order chi connectivity index (χ1) is 12.8. The van der Waals surface area contributed by atoms with E-state index in [0.29, 0.717) is 5.75 Å². The monoisotopic (exact) mass is 396 g/mol. The third-order valence-electron chi connectivity index (χ3n) is 4.86. The molecule has 0 radical (unpaired) electrons. The summed E-state index contributed by atoms with van der Waals surface area (Å²) in [6.45, 7) is 4.35. The average molecular weight is 396 g/mol. The molecule has 1 atom stereocenters. The lowest BCUT2D eigenvalue weighted by molar-refractivity contribution is 0.114. The van der Waals surface area contributed by atoms with Gasteiger partial charge in [0, 0.05) is 0 Å². The summed E-state index contributed by atoms with van der Waals surface area (Å²) in [6.07, 6.45) is 13.5. The number of hydrogen-bond acceptors (Lipinski definition) is 3. The van der Waals surface area contributed by atoms with Crippen molar-refractivity contribution in [3.05, 3.63) is 35.9 Å². The summed E-state index contributed by atoms with van der Waals surface area (Å²) >= 11 is 0. The molecule has 0 bridgehead atoms. The molecule has 0 aliphatic carbocycles. The molecular weight excluding hydrogens is 363 g/mol. The maximum absolute atomic E-state index is 10.9. The van der Waals surface area contributed by atoms with Gasteiger partial charge in [-0.25, -0.2) is 0 Å². The molecule has 5 nitrogen and oxygen atoms in total. The molecule has 1 aromatic carbocycles. The van der Waals surface area contributed by atoms with Crippen LogP contribution in [-0.4, -0.2) is 28.2 Å². The van der Waals surface area contributed by atoms with Gasteiger partial charge in [-0.05, 0) is 62.4 Å². The first-order valence-corrected chi connectivity index (χ1v) is 11.8. The van der Waals surface area contributed by atoms with Crippen LogP contribution in [-0.2, 0) is 11.0 Å². The molecule has 0 saturated carbocycles. The summed E-state index contributed by atoms with van der Waals surface area (Å²) in [6, 6.07) is 5.59. The molecule has 1 aliphatic heterocycles. The number of benzene rings is 1. The van der Waals surface area contributed by atoms with Crippen LogP contribution < -0.4 is 9.47 Å². The van der Waals surface area contributed by atoms with Crippen molar-refractivity contribution >= 4 is 7.60 Å². The van der Waals surface area contributed by atoms with E-state index in [0.717, 1.165) is 30.6 Å². The molecule has 0 aromatic heterocycles. The Morgan fingerprint density at radius 1 is 1.26 bits per heavy atom. The van der Waals surface area contributed by atoms with Crippen molar-refractivity contribution < 1.29 is 23.8 Å². The summed E-state index contributed by atoms with van der Waals surface area (Å²) in [4.78, 5) is 17.8. The summed E-state index contributed by atoms with van der Waals surface area (Å²) in [5.41, 5.74) is 0.799. The van der Waals surface area contributed by atoms with Gasteiger partial charge in [-0.1, -0.05) is 38.7 Å². The van der Waals surface area contributed by atoms with Crippen LogP contribution >= 0.6 is 7.60 Å². The Kier molecular flexibility index (Phi) is 8.40. The number of hydrogen-bond donors (Lipinski definition) is 2. The van der Waals surface area contributed by atoms with Crippen LogP contribution in [0.2, 0.25) is 0 Å². The predicted molar refractivity (Wildman–Crippen MR) is 109 cm³/mol. The quantitative estimate of drug-likeness (QED) is 0.304. The molecule has 152 valence electrons.